The van der Waals surface area contributed by atoms with E-state index in [1.165, 1.54) is 0 Å². The first-order valence-electron chi connectivity index (χ1n) is 7.46. The van der Waals surface area contributed by atoms with Crippen LogP contribution >= 0.6 is 0 Å². The minimum atomic E-state index is -0.599. The Morgan fingerprint density at radius 1 is 1.09 bits per heavy atom. The van der Waals surface area contributed by atoms with E-state index < -0.39 is 17.8 Å². The van der Waals surface area contributed by atoms with Crippen molar-refractivity contribution in [3.05, 3.63) is 0 Å². The summed E-state index contributed by atoms with van der Waals surface area (Å²) in [6.45, 7) is 3.45. The number of rotatable bonds is 11. The summed E-state index contributed by atoms with van der Waals surface area (Å²) in [4.78, 5) is 39.6. The summed E-state index contributed by atoms with van der Waals surface area (Å²) in [5.41, 5.74) is 10.8. The normalized spacial score (nSPS) is 15.0. The lowest BCUT2D eigenvalue weighted by atomic mass is 10.1. The van der Waals surface area contributed by atoms with Gasteiger partial charge in [0.25, 0.3) is 11.8 Å². The molecule has 0 aliphatic carbocycles. The molecule has 9 heteroatoms. The molecule has 0 radical (unpaired) electrons. The van der Waals surface area contributed by atoms with Crippen molar-refractivity contribution >= 4 is 17.8 Å². The molecule has 0 unspecified atom stereocenters. The quantitative estimate of drug-likeness (QED) is 0.246. The van der Waals surface area contributed by atoms with E-state index in [1.807, 2.05) is 0 Å². The minimum absolute atomic E-state index is 0.0431. The number of hydrogen-bond acceptors (Lipinski definition) is 8. The van der Waals surface area contributed by atoms with Crippen LogP contribution in [0.1, 0.15) is 19.3 Å². The molecule has 1 saturated heterocycles. The largest absolute Gasteiger partial charge is 0.333 e. The second-order valence-corrected chi connectivity index (χ2v) is 5.10. The molecule has 1 rings (SSSR count). The van der Waals surface area contributed by atoms with E-state index >= 15 is 0 Å². The molecule has 22 heavy (non-hydrogen) atoms. The maximum Gasteiger partial charge on any atom is 0.333 e. The third kappa shape index (κ3) is 6.48. The monoisotopic (exact) mass is 315 g/mol. The smallest absolute Gasteiger partial charge is 0.330 e. The van der Waals surface area contributed by atoms with Crippen LogP contribution in [0.15, 0.2) is 0 Å². The van der Waals surface area contributed by atoms with E-state index in [9.17, 15) is 14.4 Å². The van der Waals surface area contributed by atoms with Crippen molar-refractivity contribution in [3.8, 4) is 0 Å². The average Bonchev–Trinajstić information content (AvgIpc) is 2.79. The van der Waals surface area contributed by atoms with Gasteiger partial charge in [0.05, 0.1) is 6.42 Å². The highest BCUT2D eigenvalue weighted by molar-refractivity contribution is 6.01. The van der Waals surface area contributed by atoms with Gasteiger partial charge in [-0.2, -0.15) is 0 Å². The lowest BCUT2D eigenvalue weighted by Gasteiger charge is -2.19. The number of carbonyl (C=O) groups excluding carboxylic acids is 3. The van der Waals surface area contributed by atoms with Gasteiger partial charge < -0.3 is 26.9 Å². The van der Waals surface area contributed by atoms with Gasteiger partial charge >= 0.3 is 5.97 Å². The van der Waals surface area contributed by atoms with Gasteiger partial charge in [-0.15, -0.1) is 5.06 Å². The second-order valence-electron chi connectivity index (χ2n) is 5.10. The fraction of sp³-hybridized carbons (Fsp3) is 0.769. The summed E-state index contributed by atoms with van der Waals surface area (Å²) in [7, 11) is 0. The van der Waals surface area contributed by atoms with Crippen molar-refractivity contribution in [2.24, 2.45) is 17.4 Å². The summed E-state index contributed by atoms with van der Waals surface area (Å²) in [5.74, 6) is -1.59. The molecule has 1 aliphatic heterocycles. The molecule has 1 aliphatic rings. The Morgan fingerprint density at radius 3 is 2.05 bits per heavy atom. The Balaban J connectivity index is 2.42. The summed E-state index contributed by atoms with van der Waals surface area (Å²) in [5, 5.41) is 6.82. The fourth-order valence-corrected chi connectivity index (χ4v) is 2.07. The SMILES string of the molecule is NCCNCC(CNCCN)CC(=O)ON1C(=O)CCC1=O. The van der Waals surface area contributed by atoms with Crippen LogP contribution in [0.5, 0.6) is 0 Å². The van der Waals surface area contributed by atoms with Crippen molar-refractivity contribution in [2.75, 3.05) is 39.3 Å². The predicted octanol–water partition coefficient (Wildman–Crippen LogP) is -2.30. The topological polar surface area (TPSA) is 140 Å². The number of carbonyl (C=O) groups is 3. The van der Waals surface area contributed by atoms with Crippen LogP contribution in [0.2, 0.25) is 0 Å². The van der Waals surface area contributed by atoms with Gasteiger partial charge in [-0.1, -0.05) is 0 Å². The molecule has 1 fully saturated rings. The van der Waals surface area contributed by atoms with Gasteiger partial charge in [0, 0.05) is 39.0 Å². The van der Waals surface area contributed by atoms with Gasteiger partial charge in [-0.05, 0) is 19.0 Å². The lowest BCUT2D eigenvalue weighted by molar-refractivity contribution is -0.198. The minimum Gasteiger partial charge on any atom is -0.330 e. The number of nitrogens with one attached hydrogen (secondary N) is 2. The van der Waals surface area contributed by atoms with Gasteiger partial charge in [0.2, 0.25) is 0 Å². The maximum atomic E-state index is 11.9. The van der Waals surface area contributed by atoms with Gasteiger partial charge in [-0.3, -0.25) is 9.59 Å². The van der Waals surface area contributed by atoms with Crippen molar-refractivity contribution in [2.45, 2.75) is 19.3 Å². The molecule has 0 aromatic heterocycles. The van der Waals surface area contributed by atoms with Crippen LogP contribution in [-0.2, 0) is 19.2 Å². The number of hydroxylamine groups is 2. The summed E-state index contributed by atoms with van der Waals surface area (Å²) < 4.78 is 0. The zero-order chi connectivity index (χ0) is 16.4. The Hall–Kier alpha value is -1.55. The van der Waals surface area contributed by atoms with E-state index in [-0.39, 0.29) is 25.2 Å². The van der Waals surface area contributed by atoms with Crippen LogP contribution in [0, 0.1) is 5.92 Å². The molecule has 0 aromatic rings. The van der Waals surface area contributed by atoms with Crippen molar-refractivity contribution < 1.29 is 19.2 Å². The fourth-order valence-electron chi connectivity index (χ4n) is 2.07. The highest BCUT2D eigenvalue weighted by Gasteiger charge is 2.33. The molecule has 2 amide bonds. The summed E-state index contributed by atoms with van der Waals surface area (Å²) in [6, 6.07) is 0. The Labute approximate surface area is 129 Å². The zero-order valence-corrected chi connectivity index (χ0v) is 12.7. The molecule has 126 valence electrons. The van der Waals surface area contributed by atoms with Gasteiger partial charge in [-0.25, -0.2) is 4.79 Å². The first kappa shape index (κ1) is 18.5. The third-order valence-electron chi connectivity index (χ3n) is 3.16. The van der Waals surface area contributed by atoms with Crippen LogP contribution in [0.3, 0.4) is 0 Å². The molecule has 0 spiro atoms. The second kappa shape index (κ2) is 10.2. The van der Waals surface area contributed by atoms with Crippen molar-refractivity contribution in [1.82, 2.24) is 15.7 Å². The number of amides is 2. The summed E-state index contributed by atoms with van der Waals surface area (Å²) >= 11 is 0. The number of imide groups is 1. The van der Waals surface area contributed by atoms with E-state index in [1.54, 1.807) is 0 Å². The Kier molecular flexibility index (Phi) is 8.60. The van der Waals surface area contributed by atoms with Crippen LogP contribution in [-0.4, -0.2) is 62.1 Å². The number of nitrogens with two attached hydrogens (primary N) is 2. The average molecular weight is 315 g/mol. The molecular formula is C13H25N5O4. The van der Waals surface area contributed by atoms with Crippen LogP contribution in [0.25, 0.3) is 0 Å². The van der Waals surface area contributed by atoms with Crippen LogP contribution < -0.4 is 22.1 Å². The van der Waals surface area contributed by atoms with E-state index in [2.05, 4.69) is 10.6 Å². The molecule has 0 aromatic carbocycles. The van der Waals surface area contributed by atoms with Gasteiger partial charge in [0.1, 0.15) is 0 Å². The number of hydrogen-bond donors (Lipinski definition) is 4. The third-order valence-corrected chi connectivity index (χ3v) is 3.16. The van der Waals surface area contributed by atoms with Gasteiger partial charge in [0.15, 0.2) is 0 Å². The molecular weight excluding hydrogens is 290 g/mol. The zero-order valence-electron chi connectivity index (χ0n) is 12.7. The first-order chi connectivity index (χ1) is 10.6. The molecule has 0 atom stereocenters. The van der Waals surface area contributed by atoms with Crippen molar-refractivity contribution in [1.29, 1.82) is 0 Å². The van der Waals surface area contributed by atoms with Crippen molar-refractivity contribution in [3.63, 3.8) is 0 Å². The molecule has 0 bridgehead atoms. The van der Waals surface area contributed by atoms with E-state index in [0.717, 1.165) is 0 Å². The van der Waals surface area contributed by atoms with E-state index in [0.29, 0.717) is 44.3 Å². The summed E-state index contributed by atoms with van der Waals surface area (Å²) in [6.07, 6.45) is 0.267. The Morgan fingerprint density at radius 2 is 1.59 bits per heavy atom. The van der Waals surface area contributed by atoms with Crippen LogP contribution in [0.4, 0.5) is 0 Å². The molecule has 9 nitrogen and oxygen atoms in total. The standard InChI is InChI=1S/C13H25N5O4/c14-3-5-16-8-10(9-17-6-4-15)7-13(21)22-18-11(19)1-2-12(18)20/h10,16-17H,1-9,14-15H2. The first-order valence-corrected chi connectivity index (χ1v) is 7.46. The predicted molar refractivity (Wildman–Crippen MR) is 79.1 cm³/mol. The number of nitrogens with zero attached hydrogens (tertiary/aromatic N) is 1. The maximum absolute atomic E-state index is 11.9. The molecule has 0 saturated carbocycles. The molecule has 1 heterocycles. The van der Waals surface area contributed by atoms with E-state index in [4.69, 9.17) is 16.3 Å². The highest BCUT2D eigenvalue weighted by Crippen LogP contribution is 2.13. The molecule has 6 N–H and O–H groups in total. The highest BCUT2D eigenvalue weighted by atomic mass is 16.7. The Bertz CT molecular complexity index is 365. The lowest BCUT2D eigenvalue weighted by Crippen LogP contribution is -2.38.